The monoisotopic (exact) mass is 630 g/mol. The minimum atomic E-state index is -0.372. The molecule has 0 radical (unpaired) electrons. The summed E-state index contributed by atoms with van der Waals surface area (Å²) in [4.78, 5) is 23.7. The molecule has 0 N–H and O–H groups in total. The molecule has 8 nitrogen and oxygen atoms in total. The van der Waals surface area contributed by atoms with E-state index in [2.05, 4.69) is 42.5 Å². The second-order valence-corrected chi connectivity index (χ2v) is 12.6. The first-order valence-corrected chi connectivity index (χ1v) is 15.9. The molecule has 234 valence electrons. The molecule has 1 fully saturated rings. The summed E-state index contributed by atoms with van der Waals surface area (Å²) in [6.45, 7) is 15.0. The predicted octanol–water partition coefficient (Wildman–Crippen LogP) is 7.61. The molecule has 43 heavy (non-hydrogen) atoms. The van der Waals surface area contributed by atoms with Crippen molar-refractivity contribution in [3.63, 3.8) is 0 Å². The number of hydrogen-bond donors (Lipinski definition) is 0. The third-order valence-corrected chi connectivity index (χ3v) is 8.05. The summed E-state index contributed by atoms with van der Waals surface area (Å²) < 4.78 is 17.1. The van der Waals surface area contributed by atoms with Crippen LogP contribution in [-0.2, 0) is 4.74 Å². The maximum absolute atomic E-state index is 12.6. The molecule has 0 bridgehead atoms. The lowest BCUT2D eigenvalue weighted by molar-refractivity contribution is 0.0289. The molecule has 0 spiro atoms. The van der Waals surface area contributed by atoms with E-state index in [1.807, 2.05) is 42.5 Å². The quantitative estimate of drug-likeness (QED) is 0.134. The lowest BCUT2D eigenvalue weighted by Gasteiger charge is -2.36. The molecule has 0 unspecified atom stereocenters. The Morgan fingerprint density at radius 3 is 2.37 bits per heavy atom. The first-order chi connectivity index (χ1) is 20.7. The number of carbonyl (C=O) groups excluding carboxylic acids is 1. The van der Waals surface area contributed by atoms with Crippen LogP contribution in [0.1, 0.15) is 40.5 Å². The zero-order valence-electron chi connectivity index (χ0n) is 25.7. The number of aromatic nitrogens is 1. The Morgan fingerprint density at radius 1 is 0.930 bits per heavy atom. The first-order valence-electron chi connectivity index (χ1n) is 15.2. The number of nitrogens with zero attached hydrogens (tertiary/aromatic N) is 4. The Balaban J connectivity index is 1.17. The van der Waals surface area contributed by atoms with Gasteiger partial charge in [0.15, 0.2) is 0 Å². The van der Waals surface area contributed by atoms with Crippen LogP contribution in [0, 0.1) is 11.8 Å². The zero-order chi connectivity index (χ0) is 30.8. The van der Waals surface area contributed by atoms with Crippen molar-refractivity contribution in [3.8, 4) is 11.6 Å². The molecule has 1 aliphatic rings. The summed E-state index contributed by atoms with van der Waals surface area (Å²) in [5.41, 5.74) is 1.78. The van der Waals surface area contributed by atoms with Crippen molar-refractivity contribution in [3.05, 3.63) is 58.6 Å². The van der Waals surface area contributed by atoms with Gasteiger partial charge in [-0.2, -0.15) is 0 Å². The smallest absolute Gasteiger partial charge is 0.412 e. The Labute approximate surface area is 265 Å². The molecule has 0 saturated carbocycles. The van der Waals surface area contributed by atoms with E-state index < -0.39 is 0 Å². The second kappa shape index (κ2) is 16.2. The van der Waals surface area contributed by atoms with Crippen LogP contribution in [0.15, 0.2) is 48.5 Å². The summed E-state index contributed by atoms with van der Waals surface area (Å²) >= 11 is 12.6. The highest BCUT2D eigenvalue weighted by atomic mass is 35.5. The van der Waals surface area contributed by atoms with Crippen molar-refractivity contribution in [1.82, 2.24) is 14.8 Å². The van der Waals surface area contributed by atoms with Gasteiger partial charge < -0.3 is 24.0 Å². The van der Waals surface area contributed by atoms with Crippen LogP contribution in [0.3, 0.4) is 0 Å². The number of fused-ring (bicyclic) bond motifs is 1. The van der Waals surface area contributed by atoms with E-state index in [0.29, 0.717) is 47.5 Å². The lowest BCUT2D eigenvalue weighted by atomic mass is 10.1. The number of amides is 1. The third-order valence-electron chi connectivity index (χ3n) is 7.24. The van der Waals surface area contributed by atoms with Crippen LogP contribution < -0.4 is 14.4 Å². The van der Waals surface area contributed by atoms with Gasteiger partial charge in [-0.05, 0) is 61.6 Å². The summed E-state index contributed by atoms with van der Waals surface area (Å²) in [5, 5.41) is 2.21. The van der Waals surface area contributed by atoms with Gasteiger partial charge in [-0.3, -0.25) is 4.90 Å². The van der Waals surface area contributed by atoms with E-state index in [1.165, 1.54) is 0 Å². The van der Waals surface area contributed by atoms with Crippen molar-refractivity contribution in [2.24, 2.45) is 11.8 Å². The minimum Gasteiger partial charge on any atom is -0.494 e. The van der Waals surface area contributed by atoms with Crippen molar-refractivity contribution in [2.45, 2.75) is 40.5 Å². The molecule has 2 heterocycles. The average molecular weight is 632 g/mol. The molecule has 3 aromatic rings. The van der Waals surface area contributed by atoms with Gasteiger partial charge in [0.25, 0.3) is 0 Å². The molecule has 1 saturated heterocycles. The van der Waals surface area contributed by atoms with E-state index in [4.69, 9.17) is 37.4 Å². The van der Waals surface area contributed by atoms with Crippen LogP contribution in [0.5, 0.6) is 11.6 Å². The maximum atomic E-state index is 12.6. The first kappa shape index (κ1) is 33.0. The Kier molecular flexibility index (Phi) is 12.4. The number of rotatable bonds is 14. The molecule has 1 aliphatic heterocycles. The van der Waals surface area contributed by atoms with Gasteiger partial charge in [-0.15, -0.1) is 0 Å². The number of benzene rings is 2. The number of ether oxygens (including phenoxy) is 3. The van der Waals surface area contributed by atoms with Crippen LogP contribution in [0.2, 0.25) is 10.0 Å². The number of unbranched alkanes of at least 4 members (excludes halogenated alkanes) is 1. The van der Waals surface area contributed by atoms with Gasteiger partial charge in [0.05, 0.1) is 27.9 Å². The van der Waals surface area contributed by atoms with Crippen LogP contribution in [0.4, 0.5) is 10.5 Å². The number of pyridine rings is 1. The van der Waals surface area contributed by atoms with Crippen LogP contribution >= 0.6 is 23.2 Å². The molecule has 1 amide bonds. The molecule has 0 atom stereocenters. The van der Waals surface area contributed by atoms with Gasteiger partial charge in [0, 0.05) is 56.8 Å². The fourth-order valence-corrected chi connectivity index (χ4v) is 5.58. The summed E-state index contributed by atoms with van der Waals surface area (Å²) in [5.74, 6) is 1.88. The minimum absolute atomic E-state index is 0.191. The van der Waals surface area contributed by atoms with Gasteiger partial charge in [-0.1, -0.05) is 57.0 Å². The summed E-state index contributed by atoms with van der Waals surface area (Å²) in [6.07, 6.45) is 1.65. The SMILES string of the molecule is CC(C)CN(CC(C)C)C(=O)OCOc1ccc2ccc(OCCCCN3CCN(c4cccc(Cl)c4Cl)CC3)cc2n1. The highest BCUT2D eigenvalue weighted by Gasteiger charge is 2.20. The van der Waals surface area contributed by atoms with Crippen molar-refractivity contribution < 1.29 is 19.0 Å². The van der Waals surface area contributed by atoms with Crippen molar-refractivity contribution in [2.75, 3.05) is 64.1 Å². The zero-order valence-corrected chi connectivity index (χ0v) is 27.2. The van der Waals surface area contributed by atoms with Crippen molar-refractivity contribution in [1.29, 1.82) is 0 Å². The largest absolute Gasteiger partial charge is 0.494 e. The van der Waals surface area contributed by atoms with E-state index in [-0.39, 0.29) is 12.9 Å². The Morgan fingerprint density at radius 2 is 1.65 bits per heavy atom. The standard InChI is InChI=1S/C33H44Cl2N4O4/c1-24(2)21-39(22-25(3)4)33(40)43-23-42-31-13-11-26-10-12-27(20-29(26)36-31)41-19-6-5-14-37-15-17-38(18-16-37)30-9-7-8-28(34)32(30)35/h7-13,20,24-25H,5-6,14-19,21-23H2,1-4H3. The van der Waals surface area contributed by atoms with Gasteiger partial charge in [0.2, 0.25) is 12.7 Å². The summed E-state index contributed by atoms with van der Waals surface area (Å²) in [6, 6.07) is 15.4. The molecule has 10 heteroatoms. The number of piperazine rings is 1. The van der Waals surface area contributed by atoms with Crippen LogP contribution in [-0.4, -0.2) is 80.1 Å². The van der Waals surface area contributed by atoms with E-state index in [0.717, 1.165) is 67.9 Å². The van der Waals surface area contributed by atoms with E-state index >= 15 is 0 Å². The van der Waals surface area contributed by atoms with Gasteiger partial charge in [0.1, 0.15) is 5.75 Å². The fraction of sp³-hybridized carbons (Fsp3) is 0.515. The highest BCUT2D eigenvalue weighted by Crippen LogP contribution is 2.33. The predicted molar refractivity (Wildman–Crippen MR) is 175 cm³/mol. The molecule has 4 rings (SSSR count). The number of halogens is 2. The van der Waals surface area contributed by atoms with Gasteiger partial charge >= 0.3 is 6.09 Å². The average Bonchev–Trinajstić information content (AvgIpc) is 2.98. The lowest BCUT2D eigenvalue weighted by Crippen LogP contribution is -2.46. The summed E-state index contributed by atoms with van der Waals surface area (Å²) in [7, 11) is 0. The molecular formula is C33H44Cl2N4O4. The maximum Gasteiger partial charge on any atom is 0.412 e. The second-order valence-electron chi connectivity index (χ2n) is 11.8. The third kappa shape index (κ3) is 10.1. The van der Waals surface area contributed by atoms with E-state index in [1.54, 1.807) is 11.0 Å². The Hall–Kier alpha value is -2.94. The highest BCUT2D eigenvalue weighted by molar-refractivity contribution is 6.43. The van der Waals surface area contributed by atoms with E-state index in [9.17, 15) is 4.79 Å². The van der Waals surface area contributed by atoms with Crippen molar-refractivity contribution >= 4 is 45.9 Å². The molecule has 1 aromatic heterocycles. The van der Waals surface area contributed by atoms with Crippen LogP contribution in [0.25, 0.3) is 10.9 Å². The normalized spacial score (nSPS) is 14.0. The Bertz CT molecular complexity index is 1320. The molecule has 2 aromatic carbocycles. The number of carbonyl (C=O) groups is 1. The fourth-order valence-electron chi connectivity index (χ4n) is 5.16. The number of hydrogen-bond acceptors (Lipinski definition) is 7. The molecule has 0 aliphatic carbocycles. The van der Waals surface area contributed by atoms with Gasteiger partial charge in [-0.25, -0.2) is 9.78 Å². The number of anilines is 1. The molecular weight excluding hydrogens is 587 g/mol. The topological polar surface area (TPSA) is 67.4 Å².